The van der Waals surface area contributed by atoms with Crippen LogP contribution in [0.15, 0.2) is 188 Å². The van der Waals surface area contributed by atoms with E-state index < -0.39 is 7.14 Å². The van der Waals surface area contributed by atoms with Crippen molar-refractivity contribution in [3.05, 3.63) is 188 Å². The largest absolute Gasteiger partial charge is 0.309 e. The van der Waals surface area contributed by atoms with Crippen molar-refractivity contribution >= 4 is 93.7 Å². The second kappa shape index (κ2) is 11.5. The topological polar surface area (TPSA) is 34.4 Å². The maximum atomic E-state index is 15.1. The fraction of sp³-hybridized carbons (Fsp3) is 0. The van der Waals surface area contributed by atoms with E-state index in [-0.39, 0.29) is 0 Å². The number of hydrogen-bond donors (Lipinski definition) is 0. The number of rotatable bonds is 4. The van der Waals surface area contributed by atoms with Gasteiger partial charge in [-0.05, 0) is 67.7 Å². The summed E-state index contributed by atoms with van der Waals surface area (Å²) < 4.78 is 17.4. The summed E-state index contributed by atoms with van der Waals surface area (Å²) in [7, 11) is -3.07. The molecule has 3 nitrogen and oxygen atoms in total. The summed E-state index contributed by atoms with van der Waals surface area (Å²) in [5.41, 5.74) is 6.53. The van der Waals surface area contributed by atoms with Crippen LogP contribution >= 0.6 is 7.14 Å². The number of pyridine rings is 1. The van der Waals surface area contributed by atoms with Crippen molar-refractivity contribution in [2.24, 2.45) is 0 Å². The van der Waals surface area contributed by atoms with Crippen molar-refractivity contribution in [3.8, 4) is 11.1 Å². The molecule has 0 spiro atoms. The Balaban J connectivity index is 1.07. The molecule has 0 bridgehead atoms. The lowest BCUT2D eigenvalue weighted by molar-refractivity contribution is 0.592. The summed E-state index contributed by atoms with van der Waals surface area (Å²) >= 11 is 0. The van der Waals surface area contributed by atoms with Gasteiger partial charge in [0.2, 0.25) is 0 Å². The molecule has 0 radical (unpaired) electrons. The number of benzene rings is 9. The maximum Gasteiger partial charge on any atom is 0.171 e. The van der Waals surface area contributed by atoms with Crippen molar-refractivity contribution in [1.82, 2.24) is 9.38 Å². The average molecular weight is 695 g/mol. The first kappa shape index (κ1) is 30.1. The smallest absolute Gasteiger partial charge is 0.171 e. The normalized spacial score (nSPS) is 12.2. The maximum absolute atomic E-state index is 15.1. The molecule has 9 aromatic carbocycles. The van der Waals surface area contributed by atoms with Crippen LogP contribution in [0.3, 0.4) is 0 Å². The fourth-order valence-corrected chi connectivity index (χ4v) is 11.1. The van der Waals surface area contributed by atoms with Crippen LogP contribution in [0.5, 0.6) is 0 Å². The van der Waals surface area contributed by atoms with E-state index in [9.17, 15) is 0 Å². The lowest BCUT2D eigenvalue weighted by Gasteiger charge is -2.20. The summed E-state index contributed by atoms with van der Waals surface area (Å²) in [5, 5.41) is 13.1. The first-order valence-electron chi connectivity index (χ1n) is 18.0. The van der Waals surface area contributed by atoms with Gasteiger partial charge in [-0.15, -0.1) is 0 Å². The van der Waals surface area contributed by atoms with Crippen LogP contribution in [0.2, 0.25) is 0 Å². The fourth-order valence-electron chi connectivity index (χ4n) is 8.45. The molecule has 53 heavy (non-hydrogen) atoms. The third-order valence-corrected chi connectivity index (χ3v) is 14.0. The molecule has 0 aliphatic carbocycles. The van der Waals surface area contributed by atoms with Crippen molar-refractivity contribution in [2.75, 3.05) is 0 Å². The Morgan fingerprint density at radius 3 is 1.72 bits per heavy atom. The molecule has 0 atom stereocenters. The van der Waals surface area contributed by atoms with E-state index in [1.54, 1.807) is 0 Å². The highest BCUT2D eigenvalue weighted by Gasteiger charge is 2.29. The number of aromatic nitrogens is 2. The van der Waals surface area contributed by atoms with Crippen molar-refractivity contribution in [3.63, 3.8) is 0 Å². The summed E-state index contributed by atoms with van der Waals surface area (Å²) in [6.07, 6.45) is 0. The van der Waals surface area contributed by atoms with Crippen LogP contribution in [0.25, 0.3) is 81.8 Å². The Bertz CT molecular complexity index is 3270. The predicted molar refractivity (Wildman–Crippen MR) is 225 cm³/mol. The van der Waals surface area contributed by atoms with E-state index in [1.165, 1.54) is 32.4 Å². The third kappa shape index (κ3) is 4.48. The molecule has 11 rings (SSSR count). The highest BCUT2D eigenvalue weighted by atomic mass is 31.2. The van der Waals surface area contributed by atoms with Gasteiger partial charge in [-0.2, -0.15) is 0 Å². The molecule has 2 aromatic heterocycles. The first-order valence-corrected chi connectivity index (χ1v) is 19.7. The molecule has 0 fully saturated rings. The molecule has 0 aliphatic rings. The summed E-state index contributed by atoms with van der Waals surface area (Å²) in [5.74, 6) is 0. The van der Waals surface area contributed by atoms with Crippen LogP contribution in [0.1, 0.15) is 0 Å². The molecule has 0 amide bonds. The van der Waals surface area contributed by atoms with Gasteiger partial charge >= 0.3 is 0 Å². The molecular formula is C49H31N2OP. The molecule has 0 aliphatic heterocycles. The minimum atomic E-state index is -3.07. The van der Waals surface area contributed by atoms with Gasteiger partial charge in [0.1, 0.15) is 5.65 Å². The van der Waals surface area contributed by atoms with Gasteiger partial charge in [-0.25, -0.2) is 4.98 Å². The van der Waals surface area contributed by atoms with Crippen LogP contribution in [-0.2, 0) is 4.57 Å². The lowest BCUT2D eigenvalue weighted by atomic mass is 9.97. The molecule has 4 heteroatoms. The predicted octanol–water partition coefficient (Wildman–Crippen LogP) is 11.6. The summed E-state index contributed by atoms with van der Waals surface area (Å²) in [6.45, 7) is 0. The Kier molecular flexibility index (Phi) is 6.53. The van der Waals surface area contributed by atoms with Crippen LogP contribution < -0.4 is 15.9 Å². The Labute approximate surface area is 305 Å². The molecule has 0 N–H and O–H groups in total. The molecule has 0 unspecified atom stereocenters. The summed E-state index contributed by atoms with van der Waals surface area (Å²) in [4.78, 5) is 5.22. The van der Waals surface area contributed by atoms with E-state index in [0.29, 0.717) is 0 Å². The van der Waals surface area contributed by atoms with Crippen molar-refractivity contribution < 1.29 is 4.57 Å². The standard InChI is InChI=1S/C49H31N2OP/c52-53(37-12-3-1-4-13-37,38-14-5-2-6-15-38)39-24-27-41-36(30-39)20-19-35-29-33(22-25-40(35)41)34-23-28-46-47(31-34)51-48-42-16-8-7-11-32(42)21-26-44(48)43-17-9-10-18-45(43)49(51)50-46/h1-31H. The van der Waals surface area contributed by atoms with E-state index in [0.717, 1.165) is 65.3 Å². The number of hydrogen-bond acceptors (Lipinski definition) is 2. The minimum Gasteiger partial charge on any atom is -0.309 e. The first-order chi connectivity index (χ1) is 26.1. The van der Waals surface area contributed by atoms with Crippen LogP contribution in [0.4, 0.5) is 0 Å². The van der Waals surface area contributed by atoms with E-state index in [2.05, 4.69) is 132 Å². The van der Waals surface area contributed by atoms with Gasteiger partial charge in [0.15, 0.2) is 7.14 Å². The van der Waals surface area contributed by atoms with Crippen LogP contribution in [0, 0.1) is 0 Å². The molecule has 2 heterocycles. The molecule has 248 valence electrons. The Hall–Kier alpha value is -6.54. The SMILES string of the molecule is O=P(c1ccccc1)(c1ccccc1)c1ccc2c(ccc3cc(-c4ccc5nc6c7ccccc7c7ccc8ccccc8c7n6c5c4)ccc32)c1. The zero-order valence-corrected chi connectivity index (χ0v) is 29.5. The number of fused-ring (bicyclic) bond motifs is 13. The zero-order valence-electron chi connectivity index (χ0n) is 28.6. The van der Waals surface area contributed by atoms with Gasteiger partial charge in [-0.1, -0.05) is 164 Å². The third-order valence-electron chi connectivity index (χ3n) is 11.0. The van der Waals surface area contributed by atoms with E-state index in [4.69, 9.17) is 4.98 Å². The van der Waals surface area contributed by atoms with Gasteiger partial charge in [0, 0.05) is 32.1 Å². The Morgan fingerprint density at radius 2 is 0.962 bits per heavy atom. The second-order valence-corrected chi connectivity index (χ2v) is 16.7. The molecule has 0 saturated carbocycles. The molecule has 11 aromatic rings. The summed E-state index contributed by atoms with van der Waals surface area (Å²) in [6, 6.07) is 65.6. The van der Waals surface area contributed by atoms with Gasteiger partial charge in [0.05, 0.1) is 16.6 Å². The highest BCUT2D eigenvalue weighted by Crippen LogP contribution is 2.44. The van der Waals surface area contributed by atoms with Gasteiger partial charge in [0.25, 0.3) is 0 Å². The number of imidazole rings is 1. The van der Waals surface area contributed by atoms with Gasteiger partial charge in [-0.3, -0.25) is 4.40 Å². The van der Waals surface area contributed by atoms with Crippen molar-refractivity contribution in [1.29, 1.82) is 0 Å². The second-order valence-electron chi connectivity index (χ2n) is 13.9. The molecule has 0 saturated heterocycles. The molecular weight excluding hydrogens is 664 g/mol. The van der Waals surface area contributed by atoms with E-state index >= 15 is 4.57 Å². The Morgan fingerprint density at radius 1 is 0.396 bits per heavy atom. The van der Waals surface area contributed by atoms with Crippen LogP contribution in [-0.4, -0.2) is 9.38 Å². The average Bonchev–Trinajstić information content (AvgIpc) is 3.62. The van der Waals surface area contributed by atoms with Crippen molar-refractivity contribution in [2.45, 2.75) is 0 Å². The monoisotopic (exact) mass is 694 g/mol. The lowest BCUT2D eigenvalue weighted by Crippen LogP contribution is -2.24. The quantitative estimate of drug-likeness (QED) is 0.136. The zero-order chi connectivity index (χ0) is 35.1. The van der Waals surface area contributed by atoms with E-state index in [1.807, 2.05) is 60.7 Å². The number of nitrogens with zero attached hydrogens (tertiary/aromatic N) is 2. The minimum absolute atomic E-state index is 0.841. The highest BCUT2D eigenvalue weighted by molar-refractivity contribution is 7.85. The van der Waals surface area contributed by atoms with Gasteiger partial charge < -0.3 is 4.57 Å².